The van der Waals surface area contributed by atoms with Crippen molar-refractivity contribution >= 4 is 12.1 Å². The summed E-state index contributed by atoms with van der Waals surface area (Å²) < 4.78 is 10.6. The monoisotopic (exact) mass is 416 g/mol. The fourth-order valence-electron chi connectivity index (χ4n) is 3.74. The van der Waals surface area contributed by atoms with E-state index in [1.54, 1.807) is 12.1 Å². The largest absolute Gasteiger partial charge is 0.872 e. The van der Waals surface area contributed by atoms with Crippen LogP contribution < -0.4 is 10.4 Å². The Morgan fingerprint density at radius 2 is 1.48 bits per heavy atom. The number of carbonyl (C=O) groups excluding carboxylic acids is 2. The second kappa shape index (κ2) is 8.92. The molecule has 1 N–H and O–H groups in total. The lowest BCUT2D eigenvalue weighted by Crippen LogP contribution is -2.40. The van der Waals surface area contributed by atoms with Crippen LogP contribution in [0.5, 0.6) is 5.75 Å². The van der Waals surface area contributed by atoms with Gasteiger partial charge in [-0.15, -0.1) is 5.75 Å². The number of nitrogens with one attached hydrogen (secondary N) is 1. The van der Waals surface area contributed by atoms with Gasteiger partial charge in [0.1, 0.15) is 19.3 Å². The number of esters is 1. The van der Waals surface area contributed by atoms with E-state index < -0.39 is 18.1 Å². The minimum Gasteiger partial charge on any atom is -0.872 e. The molecular formula is C25H22NO5-. The fraction of sp³-hybridized carbons (Fsp3) is 0.200. The van der Waals surface area contributed by atoms with Gasteiger partial charge in [-0.2, -0.15) is 0 Å². The fourth-order valence-corrected chi connectivity index (χ4v) is 3.74. The van der Waals surface area contributed by atoms with Crippen LogP contribution in [0, 0.1) is 0 Å². The van der Waals surface area contributed by atoms with Crippen LogP contribution in [0.4, 0.5) is 4.79 Å². The van der Waals surface area contributed by atoms with Crippen LogP contribution in [0.2, 0.25) is 0 Å². The number of benzene rings is 3. The summed E-state index contributed by atoms with van der Waals surface area (Å²) in [5.41, 5.74) is 5.23. The van der Waals surface area contributed by atoms with Crippen molar-refractivity contribution in [2.75, 3.05) is 6.61 Å². The summed E-state index contributed by atoms with van der Waals surface area (Å²) in [5.74, 6) is -0.746. The molecule has 0 spiro atoms. The molecule has 0 saturated heterocycles. The van der Waals surface area contributed by atoms with Crippen LogP contribution in [0.3, 0.4) is 0 Å². The lowest BCUT2D eigenvalue weighted by Gasteiger charge is -2.17. The Morgan fingerprint density at radius 1 is 0.903 bits per heavy atom. The molecule has 0 fully saturated rings. The highest BCUT2D eigenvalue weighted by Gasteiger charge is 2.29. The van der Waals surface area contributed by atoms with Gasteiger partial charge in [0.15, 0.2) is 0 Å². The molecule has 6 nitrogen and oxygen atoms in total. The second-order valence-electron chi connectivity index (χ2n) is 7.44. The summed E-state index contributed by atoms with van der Waals surface area (Å²) in [6, 6.07) is 21.3. The summed E-state index contributed by atoms with van der Waals surface area (Å²) in [6.45, 7) is 1.73. The van der Waals surface area contributed by atoms with Gasteiger partial charge in [0.05, 0.1) is 0 Å². The minimum atomic E-state index is -0.866. The molecule has 3 aromatic carbocycles. The average molecular weight is 416 g/mol. The zero-order valence-corrected chi connectivity index (χ0v) is 17.0. The maximum atomic E-state index is 12.3. The Kier molecular flexibility index (Phi) is 5.89. The van der Waals surface area contributed by atoms with Crippen molar-refractivity contribution in [1.29, 1.82) is 0 Å². The molecule has 1 atom stereocenters. The molecule has 0 bridgehead atoms. The number of amides is 1. The molecule has 1 aliphatic rings. The molecule has 1 amide bonds. The lowest BCUT2D eigenvalue weighted by atomic mass is 9.98. The first-order valence-electron chi connectivity index (χ1n) is 10.1. The van der Waals surface area contributed by atoms with Gasteiger partial charge < -0.3 is 19.9 Å². The van der Waals surface area contributed by atoms with Gasteiger partial charge in [-0.05, 0) is 34.7 Å². The van der Waals surface area contributed by atoms with E-state index in [1.165, 1.54) is 19.1 Å². The van der Waals surface area contributed by atoms with E-state index in [2.05, 4.69) is 17.4 Å². The Labute approximate surface area is 180 Å². The Balaban J connectivity index is 1.31. The third-order valence-electron chi connectivity index (χ3n) is 5.34. The maximum absolute atomic E-state index is 12.3. The van der Waals surface area contributed by atoms with Crippen LogP contribution in [0.1, 0.15) is 29.5 Å². The Bertz CT molecular complexity index is 1050. The molecule has 3 aromatic rings. The molecule has 0 heterocycles. The number of alkyl carbamates (subject to hydrolysis) is 1. The van der Waals surface area contributed by atoms with Gasteiger partial charge >= 0.3 is 12.1 Å². The molecule has 1 aliphatic carbocycles. The van der Waals surface area contributed by atoms with Crippen LogP contribution >= 0.6 is 0 Å². The SMILES string of the molecule is C[C@H](NC(=O)OCC1c2ccccc2-c2ccccc21)C(=O)OCc1ccc([O-])cc1. The van der Waals surface area contributed by atoms with E-state index in [1.807, 2.05) is 36.4 Å². The summed E-state index contributed by atoms with van der Waals surface area (Å²) in [4.78, 5) is 24.4. The number of rotatable bonds is 6. The molecule has 0 saturated carbocycles. The van der Waals surface area contributed by atoms with Crippen molar-refractivity contribution < 1.29 is 24.2 Å². The second-order valence-corrected chi connectivity index (χ2v) is 7.44. The van der Waals surface area contributed by atoms with Crippen LogP contribution in [0.15, 0.2) is 72.8 Å². The normalized spacial score (nSPS) is 13.1. The van der Waals surface area contributed by atoms with Crippen LogP contribution in [0.25, 0.3) is 11.1 Å². The number of ether oxygens (including phenoxy) is 2. The highest BCUT2D eigenvalue weighted by molar-refractivity contribution is 5.81. The number of carbonyl (C=O) groups is 2. The summed E-state index contributed by atoms with van der Waals surface area (Å²) in [6.07, 6.45) is -0.679. The van der Waals surface area contributed by atoms with E-state index in [4.69, 9.17) is 9.47 Å². The Morgan fingerprint density at radius 3 is 2.10 bits per heavy atom. The first-order valence-corrected chi connectivity index (χ1v) is 10.1. The van der Waals surface area contributed by atoms with Crippen molar-refractivity contribution in [2.45, 2.75) is 25.5 Å². The average Bonchev–Trinajstić information content (AvgIpc) is 3.11. The highest BCUT2D eigenvalue weighted by atomic mass is 16.6. The molecule has 6 heteroatoms. The number of hydrogen-bond donors (Lipinski definition) is 1. The van der Waals surface area contributed by atoms with E-state index >= 15 is 0 Å². The van der Waals surface area contributed by atoms with Crippen LogP contribution in [-0.4, -0.2) is 24.7 Å². The predicted octanol–water partition coefficient (Wildman–Crippen LogP) is 3.73. The van der Waals surface area contributed by atoms with E-state index in [-0.39, 0.29) is 24.9 Å². The number of hydrogen-bond acceptors (Lipinski definition) is 5. The molecule has 0 aliphatic heterocycles. The molecule has 158 valence electrons. The summed E-state index contributed by atoms with van der Waals surface area (Å²) >= 11 is 0. The standard InChI is InChI=1S/C25H23NO5/c1-16(24(28)30-14-17-10-12-18(27)13-11-17)26-25(29)31-15-23-21-8-4-2-6-19(21)20-7-3-5-9-22(20)23/h2-13,16,23,27H,14-15H2,1H3,(H,26,29)/p-1/t16-/m0/s1. The van der Waals surface area contributed by atoms with Gasteiger partial charge in [-0.1, -0.05) is 72.8 Å². The Hall–Kier alpha value is -3.80. The minimum absolute atomic E-state index is 0.0236. The van der Waals surface area contributed by atoms with Gasteiger partial charge in [0.2, 0.25) is 0 Å². The van der Waals surface area contributed by atoms with Crippen molar-refractivity contribution in [3.8, 4) is 16.9 Å². The van der Waals surface area contributed by atoms with E-state index in [0.717, 1.165) is 22.3 Å². The first kappa shape index (κ1) is 20.5. The molecule has 31 heavy (non-hydrogen) atoms. The van der Waals surface area contributed by atoms with Crippen molar-refractivity contribution in [2.24, 2.45) is 0 Å². The smallest absolute Gasteiger partial charge is 0.407 e. The van der Waals surface area contributed by atoms with E-state index in [0.29, 0.717) is 5.56 Å². The van der Waals surface area contributed by atoms with E-state index in [9.17, 15) is 14.7 Å². The molecular weight excluding hydrogens is 394 g/mol. The number of fused-ring (bicyclic) bond motifs is 3. The summed E-state index contributed by atoms with van der Waals surface area (Å²) in [7, 11) is 0. The van der Waals surface area contributed by atoms with Crippen molar-refractivity contribution in [3.63, 3.8) is 0 Å². The molecule has 0 unspecified atom stereocenters. The molecule has 0 aromatic heterocycles. The quantitative estimate of drug-likeness (QED) is 0.619. The molecule has 0 radical (unpaired) electrons. The first-order chi connectivity index (χ1) is 15.0. The van der Waals surface area contributed by atoms with Gasteiger partial charge in [0, 0.05) is 5.92 Å². The third kappa shape index (κ3) is 4.53. The van der Waals surface area contributed by atoms with Gasteiger partial charge in [-0.25, -0.2) is 9.59 Å². The molecule has 4 rings (SSSR count). The highest BCUT2D eigenvalue weighted by Crippen LogP contribution is 2.44. The summed E-state index contributed by atoms with van der Waals surface area (Å²) in [5, 5.41) is 13.6. The van der Waals surface area contributed by atoms with Crippen LogP contribution in [-0.2, 0) is 20.9 Å². The van der Waals surface area contributed by atoms with Crippen molar-refractivity contribution in [1.82, 2.24) is 5.32 Å². The maximum Gasteiger partial charge on any atom is 0.407 e. The zero-order chi connectivity index (χ0) is 21.8. The van der Waals surface area contributed by atoms with Gasteiger partial charge in [0.25, 0.3) is 0 Å². The predicted molar refractivity (Wildman–Crippen MR) is 113 cm³/mol. The third-order valence-corrected chi connectivity index (χ3v) is 5.34. The zero-order valence-electron chi connectivity index (χ0n) is 17.0. The van der Waals surface area contributed by atoms with Gasteiger partial charge in [-0.3, -0.25) is 0 Å². The topological polar surface area (TPSA) is 87.7 Å². The lowest BCUT2D eigenvalue weighted by molar-refractivity contribution is -0.268. The van der Waals surface area contributed by atoms with Crippen molar-refractivity contribution in [3.05, 3.63) is 89.5 Å².